The van der Waals surface area contributed by atoms with Crippen LogP contribution >= 0.6 is 0 Å². The Labute approximate surface area is 158 Å². The molecular weight excluding hydrogens is 346 g/mol. The average Bonchev–Trinajstić information content (AvgIpc) is 2.74. The van der Waals surface area contributed by atoms with Gasteiger partial charge in [-0.15, -0.1) is 10.2 Å². The summed E-state index contributed by atoms with van der Waals surface area (Å²) in [5.41, 5.74) is 1.33. The number of hydrogen-bond acceptors (Lipinski definition) is 8. The lowest BCUT2D eigenvalue weighted by Crippen LogP contribution is -2.49. The molecule has 27 heavy (non-hydrogen) atoms. The van der Waals surface area contributed by atoms with Crippen LogP contribution in [0.25, 0.3) is 0 Å². The highest BCUT2D eigenvalue weighted by Gasteiger charge is 2.24. The van der Waals surface area contributed by atoms with E-state index >= 15 is 0 Å². The Morgan fingerprint density at radius 3 is 2.33 bits per heavy atom. The van der Waals surface area contributed by atoms with Gasteiger partial charge in [-0.1, -0.05) is 0 Å². The molecule has 0 unspecified atom stereocenters. The van der Waals surface area contributed by atoms with E-state index in [4.69, 9.17) is 4.74 Å². The van der Waals surface area contributed by atoms with Gasteiger partial charge in [0.05, 0.1) is 13.2 Å². The summed E-state index contributed by atoms with van der Waals surface area (Å²) in [7, 11) is 0. The molecule has 2 saturated heterocycles. The number of ether oxygens (including phenoxy) is 1. The molecule has 0 bridgehead atoms. The summed E-state index contributed by atoms with van der Waals surface area (Å²) >= 11 is 0. The Kier molecular flexibility index (Phi) is 5.10. The molecule has 1 amide bonds. The second-order valence-electron chi connectivity index (χ2n) is 6.67. The van der Waals surface area contributed by atoms with Crippen LogP contribution in [0.2, 0.25) is 0 Å². The summed E-state index contributed by atoms with van der Waals surface area (Å²) in [6, 6.07) is 5.60. The van der Waals surface area contributed by atoms with Gasteiger partial charge < -0.3 is 19.4 Å². The summed E-state index contributed by atoms with van der Waals surface area (Å²) in [6.07, 6.45) is 1.58. The maximum Gasteiger partial charge on any atom is 0.274 e. The number of hydrogen-bond donors (Lipinski definition) is 0. The third-order valence-corrected chi connectivity index (χ3v) is 4.88. The van der Waals surface area contributed by atoms with E-state index in [1.807, 2.05) is 24.0 Å². The standard InChI is InChI=1S/C18H23N7O2/c1-14-12-17(20-13-19-14)23-4-6-25(7-5-23)18(26)15-2-3-16(22-21-15)24-8-10-27-11-9-24/h2-3,12-13H,4-11H2,1H3. The van der Waals surface area contributed by atoms with Gasteiger partial charge in [0.15, 0.2) is 11.5 Å². The minimum Gasteiger partial charge on any atom is -0.378 e. The van der Waals surface area contributed by atoms with Crippen molar-refractivity contribution < 1.29 is 9.53 Å². The molecule has 0 spiro atoms. The SMILES string of the molecule is Cc1cc(N2CCN(C(=O)c3ccc(N4CCOCC4)nn3)CC2)ncn1. The number of carbonyl (C=O) groups excluding carboxylic acids is 1. The molecular formula is C18H23N7O2. The van der Waals surface area contributed by atoms with Gasteiger partial charge >= 0.3 is 0 Å². The van der Waals surface area contributed by atoms with Crippen LogP contribution in [0.1, 0.15) is 16.2 Å². The Bertz CT molecular complexity index is 785. The van der Waals surface area contributed by atoms with Crippen molar-refractivity contribution >= 4 is 17.5 Å². The highest BCUT2D eigenvalue weighted by Crippen LogP contribution is 2.16. The third-order valence-electron chi connectivity index (χ3n) is 4.88. The van der Waals surface area contributed by atoms with Crippen LogP contribution in [0.5, 0.6) is 0 Å². The first-order valence-electron chi connectivity index (χ1n) is 9.20. The summed E-state index contributed by atoms with van der Waals surface area (Å²) in [5.74, 6) is 1.62. The first-order chi connectivity index (χ1) is 13.2. The highest BCUT2D eigenvalue weighted by atomic mass is 16.5. The third kappa shape index (κ3) is 3.97. The van der Waals surface area contributed by atoms with E-state index in [9.17, 15) is 4.79 Å². The van der Waals surface area contributed by atoms with Crippen molar-refractivity contribution in [1.82, 2.24) is 25.1 Å². The minimum absolute atomic E-state index is 0.0745. The van der Waals surface area contributed by atoms with Crippen LogP contribution in [0.15, 0.2) is 24.5 Å². The molecule has 0 radical (unpaired) electrons. The summed E-state index contributed by atoms with van der Waals surface area (Å²) in [5, 5.41) is 8.40. The number of nitrogens with zero attached hydrogens (tertiary/aromatic N) is 7. The number of aryl methyl sites for hydroxylation is 1. The first kappa shape index (κ1) is 17.6. The van der Waals surface area contributed by atoms with Crippen molar-refractivity contribution in [3.8, 4) is 0 Å². The number of morpholine rings is 1. The van der Waals surface area contributed by atoms with Gasteiger partial charge in [0.25, 0.3) is 5.91 Å². The van der Waals surface area contributed by atoms with Crippen LogP contribution in [-0.2, 0) is 4.74 Å². The van der Waals surface area contributed by atoms with Gasteiger partial charge in [-0.05, 0) is 19.1 Å². The zero-order valence-corrected chi connectivity index (χ0v) is 15.4. The highest BCUT2D eigenvalue weighted by molar-refractivity contribution is 5.92. The minimum atomic E-state index is -0.0745. The van der Waals surface area contributed by atoms with E-state index in [0.717, 1.165) is 43.5 Å². The number of rotatable bonds is 3. The van der Waals surface area contributed by atoms with Gasteiger partial charge in [0.1, 0.15) is 12.1 Å². The van der Waals surface area contributed by atoms with Crippen molar-refractivity contribution in [1.29, 1.82) is 0 Å². The van der Waals surface area contributed by atoms with Crippen LogP contribution in [0, 0.1) is 6.92 Å². The molecule has 142 valence electrons. The smallest absolute Gasteiger partial charge is 0.274 e. The lowest BCUT2D eigenvalue weighted by atomic mass is 10.2. The van der Waals surface area contributed by atoms with E-state index in [-0.39, 0.29) is 5.91 Å². The number of amides is 1. The normalized spacial score (nSPS) is 17.9. The lowest BCUT2D eigenvalue weighted by Gasteiger charge is -2.35. The maximum atomic E-state index is 12.7. The molecule has 4 rings (SSSR count). The van der Waals surface area contributed by atoms with Crippen molar-refractivity contribution in [3.05, 3.63) is 35.9 Å². The lowest BCUT2D eigenvalue weighted by molar-refractivity contribution is 0.0739. The quantitative estimate of drug-likeness (QED) is 0.767. The van der Waals surface area contributed by atoms with Crippen LogP contribution < -0.4 is 9.80 Å². The van der Waals surface area contributed by atoms with E-state index < -0.39 is 0 Å². The maximum absolute atomic E-state index is 12.7. The second-order valence-corrected chi connectivity index (χ2v) is 6.67. The topological polar surface area (TPSA) is 87.6 Å². The Morgan fingerprint density at radius 2 is 1.67 bits per heavy atom. The molecule has 2 aromatic heterocycles. The van der Waals surface area contributed by atoms with E-state index in [1.165, 1.54) is 0 Å². The van der Waals surface area contributed by atoms with Gasteiger partial charge in [0, 0.05) is 51.0 Å². The Balaban J connectivity index is 1.36. The molecule has 0 saturated carbocycles. The zero-order chi connectivity index (χ0) is 18.6. The number of anilines is 2. The molecule has 0 N–H and O–H groups in total. The average molecular weight is 369 g/mol. The number of carbonyl (C=O) groups is 1. The molecule has 2 aliphatic rings. The second kappa shape index (κ2) is 7.83. The Morgan fingerprint density at radius 1 is 0.926 bits per heavy atom. The monoisotopic (exact) mass is 369 g/mol. The van der Waals surface area contributed by atoms with E-state index in [1.54, 1.807) is 12.4 Å². The first-order valence-corrected chi connectivity index (χ1v) is 9.20. The fourth-order valence-electron chi connectivity index (χ4n) is 3.31. The van der Waals surface area contributed by atoms with Crippen molar-refractivity contribution in [2.24, 2.45) is 0 Å². The molecule has 2 fully saturated rings. The molecule has 0 atom stereocenters. The molecule has 4 heterocycles. The predicted octanol–water partition coefficient (Wildman–Crippen LogP) is 0.374. The van der Waals surface area contributed by atoms with Crippen molar-refractivity contribution in [2.45, 2.75) is 6.92 Å². The number of piperazine rings is 1. The van der Waals surface area contributed by atoms with Gasteiger partial charge in [0.2, 0.25) is 0 Å². The summed E-state index contributed by atoms with van der Waals surface area (Å²) in [6.45, 7) is 7.67. The molecule has 0 aromatic carbocycles. The van der Waals surface area contributed by atoms with E-state index in [0.29, 0.717) is 32.0 Å². The van der Waals surface area contributed by atoms with Crippen LogP contribution in [0.4, 0.5) is 11.6 Å². The molecule has 2 aromatic rings. The fourth-order valence-corrected chi connectivity index (χ4v) is 3.31. The fraction of sp³-hybridized carbons (Fsp3) is 0.500. The molecule has 9 heteroatoms. The summed E-state index contributed by atoms with van der Waals surface area (Å²) < 4.78 is 5.35. The predicted molar refractivity (Wildman–Crippen MR) is 99.9 cm³/mol. The molecule has 2 aliphatic heterocycles. The van der Waals surface area contributed by atoms with Gasteiger partial charge in [-0.3, -0.25) is 4.79 Å². The van der Waals surface area contributed by atoms with Crippen LogP contribution in [-0.4, -0.2) is 83.5 Å². The van der Waals surface area contributed by atoms with Gasteiger partial charge in [-0.25, -0.2) is 9.97 Å². The molecule has 9 nitrogen and oxygen atoms in total. The van der Waals surface area contributed by atoms with Crippen molar-refractivity contribution in [2.75, 3.05) is 62.3 Å². The van der Waals surface area contributed by atoms with Crippen molar-refractivity contribution in [3.63, 3.8) is 0 Å². The molecule has 0 aliphatic carbocycles. The van der Waals surface area contributed by atoms with E-state index in [2.05, 4.69) is 30.0 Å². The van der Waals surface area contributed by atoms with Gasteiger partial charge in [-0.2, -0.15) is 0 Å². The van der Waals surface area contributed by atoms with Crippen LogP contribution in [0.3, 0.4) is 0 Å². The Hall–Kier alpha value is -2.81. The number of aromatic nitrogens is 4. The summed E-state index contributed by atoms with van der Waals surface area (Å²) in [4.78, 5) is 27.3. The largest absolute Gasteiger partial charge is 0.378 e. The zero-order valence-electron chi connectivity index (χ0n) is 15.4.